The minimum atomic E-state index is -0.369. The minimum Gasteiger partial charge on any atom is -0.348 e. The molecule has 6 nitrogen and oxygen atoms in total. The molecule has 0 aromatic carbocycles. The van der Waals surface area contributed by atoms with Gasteiger partial charge in [-0.1, -0.05) is 20.8 Å². The number of nitrogens with one attached hydrogen (secondary N) is 3. The molecule has 2 heterocycles. The highest BCUT2D eigenvalue weighted by atomic mass is 16.2. The van der Waals surface area contributed by atoms with Gasteiger partial charge in [0.1, 0.15) is 11.4 Å². The largest absolute Gasteiger partial charge is 0.348 e. The van der Waals surface area contributed by atoms with Gasteiger partial charge < -0.3 is 15.6 Å². The zero-order valence-electron chi connectivity index (χ0n) is 14.0. The van der Waals surface area contributed by atoms with Gasteiger partial charge in [-0.25, -0.2) is 4.98 Å². The van der Waals surface area contributed by atoms with E-state index in [9.17, 15) is 9.59 Å². The summed E-state index contributed by atoms with van der Waals surface area (Å²) in [6, 6.07) is 0.251. The van der Waals surface area contributed by atoms with E-state index in [2.05, 4.69) is 20.6 Å². The van der Waals surface area contributed by atoms with Gasteiger partial charge in [0.05, 0.1) is 5.69 Å². The van der Waals surface area contributed by atoms with E-state index in [-0.39, 0.29) is 34.5 Å². The molecule has 1 aromatic heterocycles. The van der Waals surface area contributed by atoms with E-state index in [1.807, 2.05) is 27.7 Å². The van der Waals surface area contributed by atoms with Crippen LogP contribution in [0, 0.1) is 6.92 Å². The van der Waals surface area contributed by atoms with Crippen molar-refractivity contribution in [2.75, 3.05) is 6.54 Å². The number of aromatic amines is 1. The molecule has 3 N–H and O–H groups in total. The summed E-state index contributed by atoms with van der Waals surface area (Å²) in [6.45, 7) is 10.6. The van der Waals surface area contributed by atoms with Gasteiger partial charge in [-0.3, -0.25) is 9.59 Å². The summed E-state index contributed by atoms with van der Waals surface area (Å²) in [7, 11) is 0. The number of hydrogen-bond donors (Lipinski definition) is 3. The average Bonchev–Trinajstić information content (AvgIpc) is 2.39. The summed E-state index contributed by atoms with van der Waals surface area (Å²) in [4.78, 5) is 31.9. The number of carbonyl (C=O) groups excluding carboxylic acids is 1. The van der Waals surface area contributed by atoms with E-state index in [0.717, 1.165) is 19.4 Å². The van der Waals surface area contributed by atoms with Gasteiger partial charge in [0.2, 0.25) is 0 Å². The lowest BCUT2D eigenvalue weighted by Crippen LogP contribution is -2.52. The lowest BCUT2D eigenvalue weighted by Gasteiger charge is -2.30. The maximum atomic E-state index is 12.5. The SMILES string of the molecule is Cc1nc(C(C)(C)C)[nH]c(=O)c1C(=O)NC1CCCNC1C. The van der Waals surface area contributed by atoms with Crippen molar-refractivity contribution in [3.05, 3.63) is 27.4 Å². The van der Waals surface area contributed by atoms with E-state index >= 15 is 0 Å². The second-order valence-corrected chi connectivity index (χ2v) is 7.09. The first kappa shape index (κ1) is 16.7. The zero-order chi connectivity index (χ0) is 16.5. The van der Waals surface area contributed by atoms with Gasteiger partial charge in [-0.05, 0) is 33.2 Å². The van der Waals surface area contributed by atoms with Crippen LogP contribution in [0.15, 0.2) is 4.79 Å². The Morgan fingerprint density at radius 2 is 2.05 bits per heavy atom. The highest BCUT2D eigenvalue weighted by molar-refractivity contribution is 5.95. The smallest absolute Gasteiger partial charge is 0.264 e. The molecule has 1 amide bonds. The van der Waals surface area contributed by atoms with Crippen LogP contribution in [-0.4, -0.2) is 34.5 Å². The Labute approximate surface area is 131 Å². The van der Waals surface area contributed by atoms with Crippen molar-refractivity contribution >= 4 is 5.91 Å². The zero-order valence-corrected chi connectivity index (χ0v) is 14.0. The molecule has 0 aliphatic carbocycles. The Balaban J connectivity index is 2.25. The Morgan fingerprint density at radius 3 is 2.59 bits per heavy atom. The van der Waals surface area contributed by atoms with Crippen LogP contribution in [-0.2, 0) is 5.41 Å². The summed E-state index contributed by atoms with van der Waals surface area (Å²) in [5, 5.41) is 6.29. The third-order valence-corrected chi connectivity index (χ3v) is 4.12. The van der Waals surface area contributed by atoms with E-state index in [4.69, 9.17) is 0 Å². The Bertz CT molecular complexity index is 616. The molecule has 2 unspecified atom stereocenters. The third kappa shape index (κ3) is 3.55. The number of amides is 1. The second kappa shape index (κ2) is 6.20. The molecule has 1 fully saturated rings. The fourth-order valence-corrected chi connectivity index (χ4v) is 2.69. The molecule has 122 valence electrons. The van der Waals surface area contributed by atoms with Gasteiger partial charge in [0, 0.05) is 17.5 Å². The number of hydrogen-bond acceptors (Lipinski definition) is 4. The number of aryl methyl sites for hydroxylation is 1. The number of carbonyl (C=O) groups is 1. The van der Waals surface area contributed by atoms with E-state index in [1.165, 1.54) is 0 Å². The number of H-pyrrole nitrogens is 1. The summed E-state index contributed by atoms with van der Waals surface area (Å²) in [6.07, 6.45) is 1.94. The van der Waals surface area contributed by atoms with Crippen LogP contribution in [0.25, 0.3) is 0 Å². The number of nitrogens with zero attached hydrogens (tertiary/aromatic N) is 1. The Hall–Kier alpha value is -1.69. The van der Waals surface area contributed by atoms with Crippen LogP contribution in [0.4, 0.5) is 0 Å². The maximum absolute atomic E-state index is 12.5. The van der Waals surface area contributed by atoms with Crippen molar-refractivity contribution in [2.24, 2.45) is 0 Å². The van der Waals surface area contributed by atoms with Crippen LogP contribution in [0.5, 0.6) is 0 Å². The molecular formula is C16H26N4O2. The first-order valence-corrected chi connectivity index (χ1v) is 7.86. The van der Waals surface area contributed by atoms with Crippen molar-refractivity contribution < 1.29 is 4.79 Å². The standard InChI is InChI=1S/C16H26N4O2/c1-9-11(7-6-8-17-9)19-13(21)12-10(2)18-15(16(3,4)5)20-14(12)22/h9,11,17H,6-8H2,1-5H3,(H,19,21)(H,18,20,22). The van der Waals surface area contributed by atoms with Gasteiger partial charge >= 0.3 is 0 Å². The van der Waals surface area contributed by atoms with Crippen molar-refractivity contribution in [3.8, 4) is 0 Å². The minimum absolute atomic E-state index is 0.0438. The molecule has 1 aliphatic rings. The van der Waals surface area contributed by atoms with Crippen LogP contribution in [0.3, 0.4) is 0 Å². The van der Waals surface area contributed by atoms with E-state index in [1.54, 1.807) is 6.92 Å². The summed E-state index contributed by atoms with van der Waals surface area (Å²) < 4.78 is 0. The van der Waals surface area contributed by atoms with Gasteiger partial charge in [0.25, 0.3) is 11.5 Å². The summed E-state index contributed by atoms with van der Waals surface area (Å²) in [5.74, 6) is 0.256. The average molecular weight is 306 g/mol. The number of aromatic nitrogens is 2. The highest BCUT2D eigenvalue weighted by Gasteiger charge is 2.26. The predicted molar refractivity (Wildman–Crippen MR) is 86.2 cm³/mol. The van der Waals surface area contributed by atoms with Crippen LogP contribution in [0.1, 0.15) is 62.4 Å². The molecule has 1 aromatic rings. The quantitative estimate of drug-likeness (QED) is 0.767. The molecule has 2 atom stereocenters. The Morgan fingerprint density at radius 1 is 1.36 bits per heavy atom. The first-order valence-electron chi connectivity index (χ1n) is 7.86. The first-order chi connectivity index (χ1) is 10.2. The van der Waals surface area contributed by atoms with Crippen LogP contribution < -0.4 is 16.2 Å². The predicted octanol–water partition coefficient (Wildman–Crippen LogP) is 1.25. The monoisotopic (exact) mass is 306 g/mol. The number of piperidine rings is 1. The Kier molecular flexibility index (Phi) is 4.70. The third-order valence-electron chi connectivity index (χ3n) is 4.12. The van der Waals surface area contributed by atoms with Crippen molar-refractivity contribution in [1.29, 1.82) is 0 Å². The van der Waals surface area contributed by atoms with Crippen molar-refractivity contribution in [3.63, 3.8) is 0 Å². The summed E-state index contributed by atoms with van der Waals surface area (Å²) in [5.41, 5.74) is -0.0412. The molecule has 0 radical (unpaired) electrons. The van der Waals surface area contributed by atoms with Gasteiger partial charge in [-0.15, -0.1) is 0 Å². The molecule has 1 aliphatic heterocycles. The fraction of sp³-hybridized carbons (Fsp3) is 0.688. The second-order valence-electron chi connectivity index (χ2n) is 7.09. The van der Waals surface area contributed by atoms with E-state index < -0.39 is 0 Å². The van der Waals surface area contributed by atoms with Crippen LogP contribution in [0.2, 0.25) is 0 Å². The van der Waals surface area contributed by atoms with Crippen molar-refractivity contribution in [2.45, 2.75) is 65.0 Å². The van der Waals surface area contributed by atoms with Crippen molar-refractivity contribution in [1.82, 2.24) is 20.6 Å². The fourth-order valence-electron chi connectivity index (χ4n) is 2.69. The lowest BCUT2D eigenvalue weighted by molar-refractivity contribution is 0.0917. The highest BCUT2D eigenvalue weighted by Crippen LogP contribution is 2.17. The summed E-state index contributed by atoms with van der Waals surface area (Å²) >= 11 is 0. The lowest BCUT2D eigenvalue weighted by atomic mass is 9.95. The maximum Gasteiger partial charge on any atom is 0.264 e. The molecule has 1 saturated heterocycles. The van der Waals surface area contributed by atoms with Gasteiger partial charge in [-0.2, -0.15) is 0 Å². The molecule has 0 spiro atoms. The number of rotatable bonds is 2. The van der Waals surface area contributed by atoms with Gasteiger partial charge in [0.15, 0.2) is 0 Å². The molecule has 6 heteroatoms. The normalized spacial score (nSPS) is 22.4. The molecule has 22 heavy (non-hydrogen) atoms. The van der Waals surface area contributed by atoms with Crippen LogP contribution >= 0.6 is 0 Å². The molecule has 0 bridgehead atoms. The van der Waals surface area contributed by atoms with E-state index in [0.29, 0.717) is 11.5 Å². The molecular weight excluding hydrogens is 280 g/mol. The topological polar surface area (TPSA) is 86.9 Å². The molecule has 2 rings (SSSR count). The molecule has 0 saturated carbocycles.